The number of amides is 1. The minimum atomic E-state index is -0.208. The summed E-state index contributed by atoms with van der Waals surface area (Å²) in [6, 6.07) is 0. The Morgan fingerprint density at radius 1 is 1.71 bits per heavy atom. The summed E-state index contributed by atoms with van der Waals surface area (Å²) in [4.78, 5) is 15.0. The van der Waals surface area contributed by atoms with E-state index in [1.807, 2.05) is 6.92 Å². The van der Waals surface area contributed by atoms with Crippen molar-refractivity contribution in [2.45, 2.75) is 25.7 Å². The molecular formula is C10H14N2O2. The van der Waals surface area contributed by atoms with Crippen LogP contribution in [0, 0.1) is 11.8 Å². The van der Waals surface area contributed by atoms with E-state index in [-0.39, 0.29) is 11.8 Å². The maximum Gasteiger partial charge on any atom is 0.220 e. The van der Waals surface area contributed by atoms with Gasteiger partial charge in [-0.3, -0.25) is 4.79 Å². The van der Waals surface area contributed by atoms with Crippen molar-refractivity contribution in [3.8, 4) is 0 Å². The summed E-state index contributed by atoms with van der Waals surface area (Å²) in [5.74, 6) is 1.35. The predicted molar refractivity (Wildman–Crippen MR) is 50.3 cm³/mol. The molecule has 2 rings (SSSR count). The molecule has 4 nitrogen and oxygen atoms in total. The van der Waals surface area contributed by atoms with Crippen molar-refractivity contribution < 1.29 is 9.21 Å². The van der Waals surface area contributed by atoms with E-state index in [0.717, 1.165) is 18.7 Å². The average molecular weight is 194 g/mol. The quantitative estimate of drug-likeness (QED) is 0.788. The van der Waals surface area contributed by atoms with E-state index in [2.05, 4.69) is 4.98 Å². The highest BCUT2D eigenvalue weighted by atomic mass is 16.3. The van der Waals surface area contributed by atoms with Crippen LogP contribution in [0.4, 0.5) is 0 Å². The lowest BCUT2D eigenvalue weighted by Gasteiger charge is -2.36. The van der Waals surface area contributed by atoms with Crippen LogP contribution in [-0.2, 0) is 4.79 Å². The van der Waals surface area contributed by atoms with Crippen LogP contribution in [0.3, 0.4) is 0 Å². The van der Waals surface area contributed by atoms with Gasteiger partial charge in [0, 0.05) is 11.8 Å². The third-order valence-corrected chi connectivity index (χ3v) is 3.13. The number of nitrogens with zero attached hydrogens (tertiary/aromatic N) is 1. The number of primary amides is 1. The zero-order chi connectivity index (χ0) is 10.1. The van der Waals surface area contributed by atoms with Crippen molar-refractivity contribution >= 4 is 5.91 Å². The van der Waals surface area contributed by atoms with Gasteiger partial charge in [0.1, 0.15) is 6.26 Å². The Balaban J connectivity index is 1.88. The van der Waals surface area contributed by atoms with Crippen molar-refractivity contribution in [1.29, 1.82) is 0 Å². The molecule has 2 N–H and O–H groups in total. The number of aromatic nitrogens is 1. The number of hydrogen-bond donors (Lipinski definition) is 1. The summed E-state index contributed by atoms with van der Waals surface area (Å²) in [7, 11) is 0. The van der Waals surface area contributed by atoms with Crippen LogP contribution < -0.4 is 5.73 Å². The van der Waals surface area contributed by atoms with Gasteiger partial charge >= 0.3 is 0 Å². The van der Waals surface area contributed by atoms with Gasteiger partial charge in [0.05, 0.1) is 6.20 Å². The molecule has 1 aromatic heterocycles. The molecule has 14 heavy (non-hydrogen) atoms. The maximum absolute atomic E-state index is 10.9. The second-order valence-corrected chi connectivity index (χ2v) is 3.99. The van der Waals surface area contributed by atoms with Gasteiger partial charge in [0.25, 0.3) is 0 Å². The fourth-order valence-electron chi connectivity index (χ4n) is 1.94. The number of rotatable bonds is 3. The van der Waals surface area contributed by atoms with Gasteiger partial charge in [-0.15, -0.1) is 0 Å². The predicted octanol–water partition coefficient (Wildman–Crippen LogP) is 1.29. The smallest absolute Gasteiger partial charge is 0.220 e. The summed E-state index contributed by atoms with van der Waals surface area (Å²) in [6.45, 7) is 1.89. The first-order valence-electron chi connectivity index (χ1n) is 4.87. The van der Waals surface area contributed by atoms with Crippen LogP contribution >= 0.6 is 0 Å². The van der Waals surface area contributed by atoms with Gasteiger partial charge in [-0.25, -0.2) is 4.98 Å². The molecule has 0 spiro atoms. The minimum absolute atomic E-state index is 0.0267. The van der Waals surface area contributed by atoms with Gasteiger partial charge in [0.15, 0.2) is 5.89 Å². The Labute approximate surface area is 82.5 Å². The summed E-state index contributed by atoms with van der Waals surface area (Å²) in [6.07, 6.45) is 5.16. The van der Waals surface area contributed by atoms with Crippen molar-refractivity contribution in [2.75, 3.05) is 0 Å². The highest BCUT2D eigenvalue weighted by Crippen LogP contribution is 2.44. The Bertz CT molecular complexity index is 315. The minimum Gasteiger partial charge on any atom is -0.449 e. The molecule has 0 saturated heterocycles. The third kappa shape index (κ3) is 1.52. The number of nitrogens with two attached hydrogens (primary N) is 1. The first kappa shape index (κ1) is 9.24. The van der Waals surface area contributed by atoms with Gasteiger partial charge < -0.3 is 10.2 Å². The van der Waals surface area contributed by atoms with E-state index in [9.17, 15) is 4.79 Å². The topological polar surface area (TPSA) is 69.1 Å². The fourth-order valence-corrected chi connectivity index (χ4v) is 1.94. The monoisotopic (exact) mass is 194 g/mol. The zero-order valence-electron chi connectivity index (χ0n) is 8.14. The molecule has 76 valence electrons. The van der Waals surface area contributed by atoms with Crippen LogP contribution in [0.1, 0.15) is 31.6 Å². The molecule has 1 heterocycles. The molecule has 0 radical (unpaired) electrons. The van der Waals surface area contributed by atoms with E-state index in [1.165, 1.54) is 0 Å². The van der Waals surface area contributed by atoms with Crippen LogP contribution in [0.25, 0.3) is 0 Å². The van der Waals surface area contributed by atoms with Crippen molar-refractivity contribution in [1.82, 2.24) is 4.98 Å². The SMILES string of the molecule is CC(C(N)=O)C1CC(c2ncco2)C1. The fraction of sp³-hybridized carbons (Fsp3) is 0.600. The van der Waals surface area contributed by atoms with Crippen LogP contribution in [0.5, 0.6) is 0 Å². The lowest BCUT2D eigenvalue weighted by Crippen LogP contribution is -2.35. The third-order valence-electron chi connectivity index (χ3n) is 3.13. The average Bonchev–Trinajstić information content (AvgIpc) is 2.54. The van der Waals surface area contributed by atoms with E-state index >= 15 is 0 Å². The van der Waals surface area contributed by atoms with Crippen molar-refractivity contribution in [2.24, 2.45) is 17.6 Å². The van der Waals surface area contributed by atoms with Crippen molar-refractivity contribution in [3.63, 3.8) is 0 Å². The Kier molecular flexibility index (Phi) is 2.27. The van der Waals surface area contributed by atoms with E-state index < -0.39 is 0 Å². The summed E-state index contributed by atoms with van der Waals surface area (Å²) >= 11 is 0. The summed E-state index contributed by atoms with van der Waals surface area (Å²) in [5, 5.41) is 0. The lowest BCUT2D eigenvalue weighted by molar-refractivity contribution is -0.124. The highest BCUT2D eigenvalue weighted by Gasteiger charge is 2.38. The molecule has 1 aromatic rings. The van der Waals surface area contributed by atoms with E-state index in [4.69, 9.17) is 10.2 Å². The summed E-state index contributed by atoms with van der Waals surface area (Å²) < 4.78 is 5.20. The molecule has 1 unspecified atom stereocenters. The van der Waals surface area contributed by atoms with Gasteiger partial charge in [-0.1, -0.05) is 6.92 Å². The zero-order valence-corrected chi connectivity index (χ0v) is 8.14. The number of carbonyl (C=O) groups excluding carboxylic acids is 1. The Morgan fingerprint density at radius 2 is 2.43 bits per heavy atom. The molecule has 0 aromatic carbocycles. The van der Waals surface area contributed by atoms with Crippen molar-refractivity contribution in [3.05, 3.63) is 18.4 Å². The molecule has 4 heteroatoms. The first-order valence-corrected chi connectivity index (χ1v) is 4.87. The van der Waals surface area contributed by atoms with Gasteiger partial charge in [0.2, 0.25) is 5.91 Å². The molecule has 1 saturated carbocycles. The normalized spacial score (nSPS) is 28.1. The van der Waals surface area contributed by atoms with Gasteiger partial charge in [-0.2, -0.15) is 0 Å². The molecule has 1 fully saturated rings. The molecule has 0 aliphatic heterocycles. The maximum atomic E-state index is 10.9. The first-order chi connectivity index (χ1) is 6.68. The molecule has 1 aliphatic carbocycles. The second kappa shape index (κ2) is 3.44. The lowest BCUT2D eigenvalue weighted by atomic mass is 9.69. The largest absolute Gasteiger partial charge is 0.449 e. The highest BCUT2D eigenvalue weighted by molar-refractivity contribution is 5.76. The molecule has 1 atom stereocenters. The van der Waals surface area contributed by atoms with Crippen LogP contribution in [0.2, 0.25) is 0 Å². The number of oxazole rings is 1. The van der Waals surface area contributed by atoms with Gasteiger partial charge in [-0.05, 0) is 18.8 Å². The second-order valence-electron chi connectivity index (χ2n) is 3.99. The van der Waals surface area contributed by atoms with E-state index in [1.54, 1.807) is 12.5 Å². The molecule has 1 aliphatic rings. The molecule has 1 amide bonds. The summed E-state index contributed by atoms with van der Waals surface area (Å²) in [5.41, 5.74) is 5.23. The van der Waals surface area contributed by atoms with E-state index in [0.29, 0.717) is 11.8 Å². The molecular weight excluding hydrogens is 180 g/mol. The van der Waals surface area contributed by atoms with Crippen LogP contribution in [0.15, 0.2) is 16.9 Å². The molecule has 0 bridgehead atoms. The standard InChI is InChI=1S/C10H14N2O2/c1-6(9(11)13)7-4-8(5-7)10-12-2-3-14-10/h2-3,6-8H,4-5H2,1H3,(H2,11,13). The Morgan fingerprint density at radius 3 is 2.93 bits per heavy atom. The van der Waals surface area contributed by atoms with Crippen LogP contribution in [-0.4, -0.2) is 10.9 Å². The Hall–Kier alpha value is -1.32. The number of carbonyl (C=O) groups is 1. The number of hydrogen-bond acceptors (Lipinski definition) is 3.